The molecule has 0 unspecified atom stereocenters. The molecule has 2 aliphatic heterocycles. The molecule has 6 rings (SSSR count). The van der Waals surface area contributed by atoms with Gasteiger partial charge in [-0.2, -0.15) is 0 Å². The van der Waals surface area contributed by atoms with Gasteiger partial charge in [-0.25, -0.2) is 0 Å². The fourth-order valence-electron chi connectivity index (χ4n) is 5.70. The third-order valence-corrected chi connectivity index (χ3v) is 7.53. The van der Waals surface area contributed by atoms with Gasteiger partial charge in [0, 0.05) is 63.2 Å². The van der Waals surface area contributed by atoms with Crippen LogP contribution in [0.3, 0.4) is 0 Å². The van der Waals surface area contributed by atoms with Crippen molar-refractivity contribution in [2.75, 3.05) is 45.8 Å². The summed E-state index contributed by atoms with van der Waals surface area (Å²) in [5.74, 6) is 0.296. The van der Waals surface area contributed by atoms with E-state index in [1.54, 1.807) is 0 Å². The number of piperazine rings is 1. The zero-order valence-corrected chi connectivity index (χ0v) is 19.0. The lowest BCUT2D eigenvalue weighted by Crippen LogP contribution is -2.49. The molecule has 0 radical (unpaired) electrons. The van der Waals surface area contributed by atoms with Gasteiger partial charge in [0.1, 0.15) is 0 Å². The Morgan fingerprint density at radius 3 is 2.39 bits per heavy atom. The zero-order chi connectivity index (χ0) is 22.4. The molecule has 6 heteroatoms. The zero-order valence-electron chi connectivity index (χ0n) is 19.0. The number of hydrogen-bond donors (Lipinski definition) is 1. The van der Waals surface area contributed by atoms with Gasteiger partial charge in [-0.15, -0.1) is 0 Å². The quantitative estimate of drug-likeness (QED) is 0.528. The van der Waals surface area contributed by atoms with Crippen molar-refractivity contribution >= 4 is 16.7 Å². The second-order valence-electron chi connectivity index (χ2n) is 9.66. The number of pyridine rings is 1. The summed E-state index contributed by atoms with van der Waals surface area (Å²) in [7, 11) is 0. The minimum atomic E-state index is -0.0117. The number of benzene rings is 2. The van der Waals surface area contributed by atoms with Gasteiger partial charge < -0.3 is 9.88 Å². The molecule has 1 aromatic heterocycles. The first-order chi connectivity index (χ1) is 16.2. The number of nitrogens with one attached hydrogen (secondary N) is 1. The maximum atomic E-state index is 12.6. The van der Waals surface area contributed by atoms with Gasteiger partial charge in [-0.3, -0.25) is 19.4 Å². The molecule has 2 aromatic carbocycles. The lowest BCUT2D eigenvalue weighted by Gasteiger charge is -2.35. The van der Waals surface area contributed by atoms with Gasteiger partial charge in [0.05, 0.1) is 12.2 Å². The molecule has 0 bridgehead atoms. The summed E-state index contributed by atoms with van der Waals surface area (Å²) in [4.78, 5) is 34.9. The normalized spacial score (nSPS) is 18.6. The summed E-state index contributed by atoms with van der Waals surface area (Å²) >= 11 is 0. The number of H-pyrrole nitrogens is 1. The summed E-state index contributed by atoms with van der Waals surface area (Å²) < 4.78 is 0. The molecule has 170 valence electrons. The van der Waals surface area contributed by atoms with E-state index in [-0.39, 0.29) is 5.56 Å². The van der Waals surface area contributed by atoms with E-state index >= 15 is 0 Å². The number of nitrogens with zero attached hydrogens (tertiary/aromatic N) is 3. The Kier molecular flexibility index (Phi) is 5.27. The molecule has 0 spiro atoms. The van der Waals surface area contributed by atoms with Crippen molar-refractivity contribution in [1.82, 2.24) is 19.7 Å². The monoisotopic (exact) mass is 442 g/mol. The van der Waals surface area contributed by atoms with Gasteiger partial charge in [0.2, 0.25) is 5.91 Å². The van der Waals surface area contributed by atoms with Gasteiger partial charge in [0.15, 0.2) is 0 Å². The molecule has 2 saturated heterocycles. The maximum absolute atomic E-state index is 12.6. The Labute approximate surface area is 193 Å². The molecule has 3 aliphatic rings. The Hall–Kier alpha value is -2.96. The van der Waals surface area contributed by atoms with E-state index in [4.69, 9.17) is 0 Å². The summed E-state index contributed by atoms with van der Waals surface area (Å²) in [5, 5.41) is 1.83. The number of likely N-dealkylation sites (tertiary alicyclic amines) is 1. The van der Waals surface area contributed by atoms with Crippen molar-refractivity contribution in [2.45, 2.75) is 25.8 Å². The molecule has 6 nitrogen and oxygen atoms in total. The number of fused-ring (bicyclic) bond motifs is 5. The average molecular weight is 443 g/mol. The van der Waals surface area contributed by atoms with Crippen LogP contribution in [0.25, 0.3) is 22.0 Å². The number of hydrogen-bond acceptors (Lipinski definition) is 4. The Balaban J connectivity index is 1.12. The van der Waals surface area contributed by atoms with E-state index in [1.807, 2.05) is 23.1 Å². The van der Waals surface area contributed by atoms with Crippen molar-refractivity contribution in [3.63, 3.8) is 0 Å². The van der Waals surface area contributed by atoms with E-state index in [9.17, 15) is 9.59 Å². The second-order valence-corrected chi connectivity index (χ2v) is 9.66. The van der Waals surface area contributed by atoms with Crippen LogP contribution in [0.2, 0.25) is 0 Å². The minimum absolute atomic E-state index is 0.0117. The Morgan fingerprint density at radius 1 is 0.879 bits per heavy atom. The van der Waals surface area contributed by atoms with E-state index in [1.165, 1.54) is 16.7 Å². The number of carbonyl (C=O) groups excluding carboxylic acids is 1. The van der Waals surface area contributed by atoms with Crippen molar-refractivity contribution in [3.05, 3.63) is 69.5 Å². The van der Waals surface area contributed by atoms with Crippen LogP contribution >= 0.6 is 0 Å². The highest BCUT2D eigenvalue weighted by Gasteiger charge is 2.25. The van der Waals surface area contributed by atoms with Crippen molar-refractivity contribution in [1.29, 1.82) is 0 Å². The molecule has 1 aliphatic carbocycles. The summed E-state index contributed by atoms with van der Waals surface area (Å²) in [6.07, 6.45) is 3.16. The molecule has 1 amide bonds. The molecule has 0 atom stereocenters. The van der Waals surface area contributed by atoms with Crippen LogP contribution in [-0.2, 0) is 17.8 Å². The van der Waals surface area contributed by atoms with E-state index in [0.29, 0.717) is 12.5 Å². The smallest absolute Gasteiger partial charge is 0.256 e. The molecule has 33 heavy (non-hydrogen) atoms. The van der Waals surface area contributed by atoms with Crippen LogP contribution < -0.4 is 5.56 Å². The fraction of sp³-hybridized carbons (Fsp3) is 0.407. The lowest BCUT2D eigenvalue weighted by atomic mass is 10.0. The molecule has 2 fully saturated rings. The SMILES string of the molecule is O=C(CN1CCN(Cc2ccc3c(c2)Cc2c-3[nH]c(=O)c3ccccc23)CC1)N1CCCC1. The van der Waals surface area contributed by atoms with Crippen molar-refractivity contribution in [3.8, 4) is 11.3 Å². The third-order valence-electron chi connectivity index (χ3n) is 7.53. The largest absolute Gasteiger partial charge is 0.342 e. The highest BCUT2D eigenvalue weighted by molar-refractivity contribution is 5.92. The van der Waals surface area contributed by atoms with Crippen molar-refractivity contribution in [2.24, 2.45) is 0 Å². The number of rotatable bonds is 4. The summed E-state index contributed by atoms with van der Waals surface area (Å²) in [6, 6.07) is 14.6. The molecule has 1 N–H and O–H groups in total. The fourth-order valence-corrected chi connectivity index (χ4v) is 5.70. The molecule has 3 heterocycles. The number of carbonyl (C=O) groups is 1. The van der Waals surface area contributed by atoms with E-state index < -0.39 is 0 Å². The highest BCUT2D eigenvalue weighted by atomic mass is 16.2. The van der Waals surface area contributed by atoms with Crippen LogP contribution in [0.5, 0.6) is 0 Å². The predicted molar refractivity (Wildman–Crippen MR) is 130 cm³/mol. The van der Waals surface area contributed by atoms with Gasteiger partial charge in [0.25, 0.3) is 5.56 Å². The first-order valence-electron chi connectivity index (χ1n) is 12.1. The molecular weight excluding hydrogens is 412 g/mol. The van der Waals surface area contributed by atoms with E-state index in [0.717, 1.165) is 87.1 Å². The standard InChI is InChI=1S/C27H30N4O2/c32-25(31-9-3-4-10-31)18-30-13-11-29(12-14-30)17-19-7-8-21-20(15-19)16-24-22-5-1-2-6-23(22)27(33)28-26(21)24/h1-2,5-8,15H,3-4,9-14,16-18H2,(H,28,33). The first kappa shape index (κ1) is 20.6. The first-order valence-corrected chi connectivity index (χ1v) is 12.1. The van der Waals surface area contributed by atoms with Crippen LogP contribution in [0.15, 0.2) is 47.3 Å². The molecule has 3 aromatic rings. The Morgan fingerprint density at radius 2 is 1.61 bits per heavy atom. The minimum Gasteiger partial charge on any atom is -0.342 e. The van der Waals surface area contributed by atoms with E-state index in [2.05, 4.69) is 39.0 Å². The van der Waals surface area contributed by atoms with Gasteiger partial charge >= 0.3 is 0 Å². The maximum Gasteiger partial charge on any atom is 0.256 e. The van der Waals surface area contributed by atoms with Crippen LogP contribution in [0.4, 0.5) is 0 Å². The Bertz CT molecular complexity index is 1270. The number of aromatic nitrogens is 1. The number of amides is 1. The predicted octanol–water partition coefficient (Wildman–Crippen LogP) is 2.84. The average Bonchev–Trinajstić information content (AvgIpc) is 3.49. The molecule has 0 saturated carbocycles. The lowest BCUT2D eigenvalue weighted by molar-refractivity contribution is -0.131. The summed E-state index contributed by atoms with van der Waals surface area (Å²) in [5.41, 5.74) is 5.97. The number of aromatic amines is 1. The van der Waals surface area contributed by atoms with Crippen molar-refractivity contribution < 1.29 is 4.79 Å². The topological polar surface area (TPSA) is 59.7 Å². The van der Waals surface area contributed by atoms with Crippen LogP contribution in [0.1, 0.15) is 29.5 Å². The second kappa shape index (κ2) is 8.43. The van der Waals surface area contributed by atoms with Gasteiger partial charge in [-0.1, -0.05) is 36.4 Å². The van der Waals surface area contributed by atoms with Crippen LogP contribution in [0, 0.1) is 0 Å². The third kappa shape index (κ3) is 3.87. The molecular formula is C27H30N4O2. The van der Waals surface area contributed by atoms with Gasteiger partial charge in [-0.05, 0) is 41.0 Å². The summed E-state index contributed by atoms with van der Waals surface area (Å²) in [6.45, 7) is 7.23. The van der Waals surface area contributed by atoms with Crippen LogP contribution in [-0.4, -0.2) is 71.4 Å². The highest BCUT2D eigenvalue weighted by Crippen LogP contribution is 2.38.